The molecule has 1 N–H and O–H groups in total. The van der Waals surface area contributed by atoms with Crippen molar-refractivity contribution in [1.82, 2.24) is 14.8 Å². The summed E-state index contributed by atoms with van der Waals surface area (Å²) in [5.41, 5.74) is -0.837. The molecule has 1 aromatic carbocycles. The molecule has 0 fully saturated rings. The maximum atomic E-state index is 12.1. The van der Waals surface area contributed by atoms with E-state index in [-0.39, 0.29) is 11.9 Å². The predicted octanol–water partition coefficient (Wildman–Crippen LogP) is -0.290. The van der Waals surface area contributed by atoms with Gasteiger partial charge in [0, 0.05) is 7.05 Å². The molecule has 7 nitrogen and oxygen atoms in total. The molecule has 0 atom stereocenters. The Bertz CT molecular complexity index is 732. The quantitative estimate of drug-likeness (QED) is 0.771. The SMILES string of the molecule is CON(C)C(=O)Cn1[nH]c(=O)c2ccccc2c1=O. The number of fused-ring (bicyclic) bond motifs is 1. The molecule has 2 aromatic rings. The van der Waals surface area contributed by atoms with Gasteiger partial charge in [0.15, 0.2) is 0 Å². The van der Waals surface area contributed by atoms with Gasteiger partial charge in [0.1, 0.15) is 6.54 Å². The summed E-state index contributed by atoms with van der Waals surface area (Å²) in [7, 11) is 2.76. The molecule has 0 aliphatic heterocycles. The lowest BCUT2D eigenvalue weighted by Gasteiger charge is -2.14. The molecule has 7 heteroatoms. The smallest absolute Gasteiger partial charge is 0.273 e. The largest absolute Gasteiger partial charge is 0.275 e. The number of benzene rings is 1. The first kappa shape index (κ1) is 13.0. The van der Waals surface area contributed by atoms with Gasteiger partial charge in [0.25, 0.3) is 17.0 Å². The van der Waals surface area contributed by atoms with Crippen molar-refractivity contribution in [3.05, 3.63) is 45.0 Å². The highest BCUT2D eigenvalue weighted by molar-refractivity contribution is 5.80. The van der Waals surface area contributed by atoms with Crippen LogP contribution in [0.3, 0.4) is 0 Å². The lowest BCUT2D eigenvalue weighted by atomic mass is 10.2. The van der Waals surface area contributed by atoms with Crippen LogP contribution in [0.4, 0.5) is 0 Å². The Morgan fingerprint density at radius 3 is 2.58 bits per heavy atom. The van der Waals surface area contributed by atoms with Crippen molar-refractivity contribution in [1.29, 1.82) is 0 Å². The van der Waals surface area contributed by atoms with E-state index in [1.165, 1.54) is 14.2 Å². The van der Waals surface area contributed by atoms with Gasteiger partial charge in [-0.05, 0) is 12.1 Å². The number of H-pyrrole nitrogens is 1. The van der Waals surface area contributed by atoms with Crippen molar-refractivity contribution < 1.29 is 9.63 Å². The van der Waals surface area contributed by atoms with Crippen LogP contribution in [0.25, 0.3) is 10.8 Å². The third-order valence-corrected chi connectivity index (χ3v) is 2.80. The van der Waals surface area contributed by atoms with Crippen molar-refractivity contribution in [3.63, 3.8) is 0 Å². The first-order valence-corrected chi connectivity index (χ1v) is 5.57. The molecule has 0 saturated carbocycles. The first-order valence-electron chi connectivity index (χ1n) is 5.57. The van der Waals surface area contributed by atoms with E-state index in [1.807, 2.05) is 0 Å². The van der Waals surface area contributed by atoms with E-state index < -0.39 is 17.0 Å². The third kappa shape index (κ3) is 2.41. The molecule has 0 aliphatic carbocycles. The molecular formula is C12H13N3O4. The summed E-state index contributed by atoms with van der Waals surface area (Å²) in [5.74, 6) is -0.449. The van der Waals surface area contributed by atoms with Crippen LogP contribution in [0, 0.1) is 0 Å². The van der Waals surface area contributed by atoms with Crippen LogP contribution in [0.1, 0.15) is 0 Å². The van der Waals surface area contributed by atoms with Gasteiger partial charge in [-0.25, -0.2) is 9.75 Å². The standard InChI is InChI=1S/C12H13N3O4/c1-14(19-2)10(16)7-15-12(18)9-6-4-3-5-8(9)11(17)13-15/h3-6H,7H2,1-2H3,(H,13,17). The number of nitrogens with zero attached hydrogens (tertiary/aromatic N) is 2. The minimum Gasteiger partial charge on any atom is -0.275 e. The maximum Gasteiger partial charge on any atom is 0.273 e. The average Bonchev–Trinajstić information content (AvgIpc) is 2.43. The number of nitrogens with one attached hydrogen (secondary N) is 1. The fourth-order valence-electron chi connectivity index (χ4n) is 1.69. The summed E-state index contributed by atoms with van der Waals surface area (Å²) in [6.45, 7) is -0.288. The van der Waals surface area contributed by atoms with Crippen molar-refractivity contribution >= 4 is 16.7 Å². The number of carbonyl (C=O) groups excluding carboxylic acids is 1. The summed E-state index contributed by atoms with van der Waals surface area (Å²) in [6, 6.07) is 6.44. The van der Waals surface area contributed by atoms with Crippen LogP contribution >= 0.6 is 0 Å². The average molecular weight is 263 g/mol. The molecule has 100 valence electrons. The number of aromatic amines is 1. The summed E-state index contributed by atoms with van der Waals surface area (Å²) < 4.78 is 0.975. The van der Waals surface area contributed by atoms with E-state index in [9.17, 15) is 14.4 Å². The van der Waals surface area contributed by atoms with E-state index in [4.69, 9.17) is 4.84 Å². The Morgan fingerprint density at radius 1 is 1.32 bits per heavy atom. The van der Waals surface area contributed by atoms with Gasteiger partial charge < -0.3 is 0 Å². The van der Waals surface area contributed by atoms with E-state index in [0.29, 0.717) is 5.39 Å². The molecule has 0 bridgehead atoms. The highest BCUT2D eigenvalue weighted by atomic mass is 16.7. The minimum absolute atomic E-state index is 0.277. The highest BCUT2D eigenvalue weighted by Gasteiger charge is 2.12. The molecule has 0 spiro atoms. The van der Waals surface area contributed by atoms with Crippen LogP contribution in [0.2, 0.25) is 0 Å². The Balaban J connectivity index is 2.51. The molecule has 1 heterocycles. The second-order valence-electron chi connectivity index (χ2n) is 3.95. The maximum absolute atomic E-state index is 12.1. The Kier molecular flexibility index (Phi) is 3.48. The number of rotatable bonds is 3. The van der Waals surface area contributed by atoms with Crippen LogP contribution in [0.5, 0.6) is 0 Å². The number of amides is 1. The summed E-state index contributed by atoms with van der Waals surface area (Å²) in [6.07, 6.45) is 0. The third-order valence-electron chi connectivity index (χ3n) is 2.80. The van der Waals surface area contributed by atoms with E-state index in [2.05, 4.69) is 5.10 Å². The molecule has 0 radical (unpaired) electrons. The van der Waals surface area contributed by atoms with Gasteiger partial charge >= 0.3 is 0 Å². The van der Waals surface area contributed by atoms with Crippen molar-refractivity contribution in [3.8, 4) is 0 Å². The second kappa shape index (κ2) is 5.07. The Hall–Kier alpha value is -2.41. The minimum atomic E-state index is -0.449. The molecule has 1 aromatic heterocycles. The normalized spacial score (nSPS) is 10.6. The number of aromatic nitrogens is 2. The molecular weight excluding hydrogens is 250 g/mol. The summed E-state index contributed by atoms with van der Waals surface area (Å²) >= 11 is 0. The molecule has 0 unspecified atom stereocenters. The lowest BCUT2D eigenvalue weighted by Crippen LogP contribution is -2.37. The number of carbonyl (C=O) groups is 1. The first-order chi connectivity index (χ1) is 9.04. The van der Waals surface area contributed by atoms with Gasteiger partial charge in [0.05, 0.1) is 17.9 Å². The van der Waals surface area contributed by atoms with Gasteiger partial charge in [-0.1, -0.05) is 12.1 Å². The fourth-order valence-corrected chi connectivity index (χ4v) is 1.69. The van der Waals surface area contributed by atoms with Crippen molar-refractivity contribution in [2.24, 2.45) is 0 Å². The number of hydrogen-bond donors (Lipinski definition) is 1. The van der Waals surface area contributed by atoms with E-state index in [1.54, 1.807) is 24.3 Å². The molecule has 1 amide bonds. The van der Waals surface area contributed by atoms with E-state index in [0.717, 1.165) is 9.75 Å². The topological polar surface area (TPSA) is 84.4 Å². The van der Waals surface area contributed by atoms with Crippen LogP contribution in [-0.2, 0) is 16.2 Å². The van der Waals surface area contributed by atoms with Gasteiger partial charge in [-0.2, -0.15) is 0 Å². The molecule has 2 rings (SSSR count). The monoisotopic (exact) mass is 263 g/mol. The number of likely N-dealkylation sites (N-methyl/N-ethyl adjacent to an activating group) is 1. The van der Waals surface area contributed by atoms with Crippen LogP contribution < -0.4 is 11.1 Å². The molecule has 0 aliphatic rings. The second-order valence-corrected chi connectivity index (χ2v) is 3.95. The fraction of sp³-hybridized carbons (Fsp3) is 0.250. The number of hydroxylamine groups is 2. The van der Waals surface area contributed by atoms with Crippen molar-refractivity contribution in [2.75, 3.05) is 14.2 Å². The van der Waals surface area contributed by atoms with Gasteiger partial charge in [-0.15, -0.1) is 0 Å². The summed E-state index contributed by atoms with van der Waals surface area (Å²) in [4.78, 5) is 40.3. The van der Waals surface area contributed by atoms with Crippen molar-refractivity contribution in [2.45, 2.75) is 6.54 Å². The zero-order valence-electron chi connectivity index (χ0n) is 10.5. The van der Waals surface area contributed by atoms with E-state index >= 15 is 0 Å². The predicted molar refractivity (Wildman–Crippen MR) is 68.6 cm³/mol. The number of hydrogen-bond acceptors (Lipinski definition) is 4. The molecule has 0 saturated heterocycles. The van der Waals surface area contributed by atoms with Crippen LogP contribution in [0.15, 0.2) is 33.9 Å². The zero-order chi connectivity index (χ0) is 14.0. The molecule has 19 heavy (non-hydrogen) atoms. The highest BCUT2D eigenvalue weighted by Crippen LogP contribution is 2.02. The lowest BCUT2D eigenvalue weighted by molar-refractivity contribution is -0.169. The van der Waals surface area contributed by atoms with Crippen LogP contribution in [-0.4, -0.2) is 34.9 Å². The summed E-state index contributed by atoms with van der Waals surface area (Å²) in [5, 5.41) is 3.94. The Labute approximate surface area is 108 Å². The van der Waals surface area contributed by atoms with Gasteiger partial charge in [0.2, 0.25) is 0 Å². The zero-order valence-corrected chi connectivity index (χ0v) is 10.5. The van der Waals surface area contributed by atoms with Gasteiger partial charge in [-0.3, -0.25) is 24.3 Å². The Morgan fingerprint density at radius 2 is 1.95 bits per heavy atom.